The lowest BCUT2D eigenvalue weighted by atomic mass is 10.2. The Hall–Kier alpha value is -2.13. The maximum Gasteiger partial charge on any atom is 0.328 e. The zero-order valence-corrected chi connectivity index (χ0v) is 8.55. The molecule has 0 saturated carbocycles. The molecule has 1 aromatic rings. The maximum atomic E-state index is 10.8. The molecule has 6 nitrogen and oxygen atoms in total. The van der Waals surface area contributed by atoms with E-state index in [9.17, 15) is 10.1 Å². The van der Waals surface area contributed by atoms with Crippen molar-refractivity contribution >= 4 is 5.69 Å². The van der Waals surface area contributed by atoms with E-state index in [2.05, 4.69) is 0 Å². The number of nitriles is 1. The second-order valence-electron chi connectivity index (χ2n) is 3.01. The van der Waals surface area contributed by atoms with Gasteiger partial charge in [0.05, 0.1) is 11.5 Å². The third-order valence-electron chi connectivity index (χ3n) is 1.91. The van der Waals surface area contributed by atoms with E-state index >= 15 is 0 Å². The molecule has 0 heterocycles. The number of benzene rings is 1. The summed E-state index contributed by atoms with van der Waals surface area (Å²) < 4.78 is 5.21. The Labute approximate surface area is 92.4 Å². The quantitative estimate of drug-likeness (QED) is 0.457. The van der Waals surface area contributed by atoms with Crippen molar-refractivity contribution in [2.24, 2.45) is 5.73 Å². The van der Waals surface area contributed by atoms with Gasteiger partial charge >= 0.3 is 5.69 Å². The Bertz CT molecular complexity index is 426. The number of para-hydroxylation sites is 1. The zero-order chi connectivity index (χ0) is 12.0. The van der Waals surface area contributed by atoms with Crippen molar-refractivity contribution in [1.29, 1.82) is 5.26 Å². The molecule has 0 fully saturated rings. The molecule has 6 heteroatoms. The molecule has 0 unspecified atom stereocenters. The lowest BCUT2D eigenvalue weighted by molar-refractivity contribution is -0.386. The summed E-state index contributed by atoms with van der Waals surface area (Å²) in [5.41, 5.74) is 4.99. The molecule has 0 saturated heterocycles. The number of nitrogens with two attached hydrogens (primary N) is 1. The minimum absolute atomic E-state index is 0.00440. The number of rotatable bonds is 5. The van der Waals surface area contributed by atoms with Gasteiger partial charge in [0.25, 0.3) is 0 Å². The van der Waals surface area contributed by atoms with Gasteiger partial charge in [-0.05, 0) is 25.1 Å². The fraction of sp³-hybridized carbons (Fsp3) is 0.300. The van der Waals surface area contributed by atoms with Gasteiger partial charge in [-0.2, -0.15) is 5.26 Å². The van der Waals surface area contributed by atoms with Crippen LogP contribution in [0.2, 0.25) is 0 Å². The van der Waals surface area contributed by atoms with Gasteiger partial charge in [0.15, 0.2) is 5.75 Å². The van der Waals surface area contributed by atoms with Crippen LogP contribution in [0, 0.1) is 21.4 Å². The summed E-state index contributed by atoms with van der Waals surface area (Å²) in [4.78, 5) is 10.2. The Balaban J connectivity index is 2.99. The van der Waals surface area contributed by atoms with E-state index < -0.39 is 4.92 Å². The predicted octanol–water partition coefficient (Wildman–Crippen LogP) is 1.19. The number of hydrogen-bond acceptors (Lipinski definition) is 5. The number of nitro groups is 1. The molecule has 1 aromatic carbocycles. The van der Waals surface area contributed by atoms with Crippen LogP contribution in [0.3, 0.4) is 0 Å². The summed E-state index contributed by atoms with van der Waals surface area (Å²) in [7, 11) is 0. The third-order valence-corrected chi connectivity index (χ3v) is 1.91. The molecule has 0 radical (unpaired) electrons. The molecule has 0 aromatic heterocycles. The summed E-state index contributed by atoms with van der Waals surface area (Å²) >= 11 is 0. The highest BCUT2D eigenvalue weighted by molar-refractivity contribution is 5.57. The first kappa shape index (κ1) is 11.9. The van der Waals surface area contributed by atoms with E-state index in [1.807, 2.05) is 0 Å². The SMILES string of the molecule is N#Cc1cccc(OCCCN)c1[N+](=O)[O-]. The van der Waals surface area contributed by atoms with Crippen molar-refractivity contribution in [3.63, 3.8) is 0 Å². The normalized spacial score (nSPS) is 9.50. The lowest BCUT2D eigenvalue weighted by Gasteiger charge is -2.06. The van der Waals surface area contributed by atoms with Gasteiger partial charge in [0.2, 0.25) is 0 Å². The average Bonchev–Trinajstić information content (AvgIpc) is 2.28. The fourth-order valence-electron chi connectivity index (χ4n) is 1.18. The second-order valence-corrected chi connectivity index (χ2v) is 3.01. The molecule has 0 amide bonds. The van der Waals surface area contributed by atoms with E-state index in [-0.39, 0.29) is 17.0 Å². The molecule has 1 rings (SSSR count). The van der Waals surface area contributed by atoms with Gasteiger partial charge in [0.1, 0.15) is 11.6 Å². The molecule has 0 aliphatic heterocycles. The molecule has 84 valence electrons. The predicted molar refractivity (Wildman–Crippen MR) is 57.0 cm³/mol. The van der Waals surface area contributed by atoms with Gasteiger partial charge < -0.3 is 10.5 Å². The van der Waals surface area contributed by atoms with E-state index in [4.69, 9.17) is 15.7 Å². The standard InChI is InChI=1S/C10H11N3O3/c11-5-2-6-16-9-4-1-3-8(7-12)10(9)13(14)15/h1,3-4H,2,5-6,11H2. The highest BCUT2D eigenvalue weighted by Crippen LogP contribution is 2.30. The fourth-order valence-corrected chi connectivity index (χ4v) is 1.18. The first-order valence-electron chi connectivity index (χ1n) is 4.71. The van der Waals surface area contributed by atoms with Gasteiger partial charge in [-0.1, -0.05) is 6.07 Å². The van der Waals surface area contributed by atoms with Crippen LogP contribution in [-0.4, -0.2) is 18.1 Å². The highest BCUT2D eigenvalue weighted by Gasteiger charge is 2.20. The van der Waals surface area contributed by atoms with Gasteiger partial charge in [-0.25, -0.2) is 0 Å². The van der Waals surface area contributed by atoms with Gasteiger partial charge in [-0.15, -0.1) is 0 Å². The Morgan fingerprint density at radius 1 is 1.56 bits per heavy atom. The Kier molecular flexibility index (Phi) is 4.24. The summed E-state index contributed by atoms with van der Waals surface area (Å²) in [6, 6.07) is 6.16. The monoisotopic (exact) mass is 221 g/mol. The van der Waals surface area contributed by atoms with Gasteiger partial charge in [0, 0.05) is 0 Å². The van der Waals surface area contributed by atoms with Crippen molar-refractivity contribution in [3.8, 4) is 11.8 Å². The summed E-state index contributed by atoms with van der Waals surface area (Å²) in [6.45, 7) is 0.748. The second kappa shape index (κ2) is 5.68. The topological polar surface area (TPSA) is 102 Å². The largest absolute Gasteiger partial charge is 0.487 e. The third kappa shape index (κ3) is 2.68. The van der Waals surface area contributed by atoms with E-state index in [0.717, 1.165) is 0 Å². The van der Waals surface area contributed by atoms with Crippen molar-refractivity contribution in [2.75, 3.05) is 13.2 Å². The van der Waals surface area contributed by atoms with Gasteiger partial charge in [-0.3, -0.25) is 10.1 Å². The number of hydrogen-bond donors (Lipinski definition) is 1. The van der Waals surface area contributed by atoms with Crippen LogP contribution in [0.4, 0.5) is 5.69 Å². The van der Waals surface area contributed by atoms with Crippen LogP contribution in [0.15, 0.2) is 18.2 Å². The molecular formula is C10H11N3O3. The van der Waals surface area contributed by atoms with Crippen LogP contribution in [0.5, 0.6) is 5.75 Å². The molecule has 0 aliphatic carbocycles. The molecule has 0 bridgehead atoms. The smallest absolute Gasteiger partial charge is 0.328 e. The van der Waals surface area contributed by atoms with E-state index in [1.54, 1.807) is 12.1 Å². The first-order chi connectivity index (χ1) is 7.70. The van der Waals surface area contributed by atoms with Crippen molar-refractivity contribution in [2.45, 2.75) is 6.42 Å². The van der Waals surface area contributed by atoms with Crippen molar-refractivity contribution in [3.05, 3.63) is 33.9 Å². The minimum atomic E-state index is -0.615. The summed E-state index contributed by atoms with van der Waals surface area (Å²) in [5, 5.41) is 19.5. The number of nitro benzene ring substituents is 1. The molecule has 16 heavy (non-hydrogen) atoms. The first-order valence-corrected chi connectivity index (χ1v) is 4.71. The molecule has 2 N–H and O–H groups in total. The van der Waals surface area contributed by atoms with Crippen molar-refractivity contribution in [1.82, 2.24) is 0 Å². The molecular weight excluding hydrogens is 210 g/mol. The van der Waals surface area contributed by atoms with Crippen LogP contribution < -0.4 is 10.5 Å². The lowest BCUT2D eigenvalue weighted by Crippen LogP contribution is -2.07. The van der Waals surface area contributed by atoms with Crippen LogP contribution in [-0.2, 0) is 0 Å². The Morgan fingerprint density at radius 2 is 2.31 bits per heavy atom. The number of ether oxygens (including phenoxy) is 1. The molecule has 0 spiro atoms. The average molecular weight is 221 g/mol. The van der Waals surface area contributed by atoms with E-state index in [0.29, 0.717) is 19.6 Å². The van der Waals surface area contributed by atoms with Crippen LogP contribution in [0.25, 0.3) is 0 Å². The Morgan fingerprint density at radius 3 is 2.88 bits per heavy atom. The molecule has 0 aliphatic rings. The van der Waals surface area contributed by atoms with Crippen molar-refractivity contribution < 1.29 is 9.66 Å². The summed E-state index contributed by atoms with van der Waals surface area (Å²) in [5.74, 6) is 0.109. The highest BCUT2D eigenvalue weighted by atomic mass is 16.6. The van der Waals surface area contributed by atoms with Crippen LogP contribution in [0.1, 0.15) is 12.0 Å². The van der Waals surface area contributed by atoms with Crippen LogP contribution >= 0.6 is 0 Å². The number of nitrogens with zero attached hydrogens (tertiary/aromatic N) is 2. The maximum absolute atomic E-state index is 10.8. The summed E-state index contributed by atoms with van der Waals surface area (Å²) in [6.07, 6.45) is 0.605. The zero-order valence-electron chi connectivity index (χ0n) is 8.55. The molecule has 0 atom stereocenters. The minimum Gasteiger partial charge on any atom is -0.487 e. The van der Waals surface area contributed by atoms with E-state index in [1.165, 1.54) is 12.1 Å².